The molecule has 2 heterocycles. The van der Waals surface area contributed by atoms with E-state index in [1.807, 2.05) is 25.6 Å². The maximum absolute atomic E-state index is 11.7. The molecule has 6 heteroatoms. The average molecular weight is 262 g/mol. The average Bonchev–Trinajstić information content (AvgIpc) is 2.88. The van der Waals surface area contributed by atoms with Gasteiger partial charge in [-0.3, -0.25) is 9.48 Å². The molecule has 0 fully saturated rings. The monoisotopic (exact) mass is 262 g/mol. The molecule has 6 nitrogen and oxygen atoms in total. The van der Waals surface area contributed by atoms with Crippen molar-refractivity contribution < 1.29 is 9.21 Å². The molecule has 1 amide bonds. The summed E-state index contributed by atoms with van der Waals surface area (Å²) in [4.78, 5) is 15.6. The first-order valence-electron chi connectivity index (χ1n) is 6.18. The van der Waals surface area contributed by atoms with E-state index in [4.69, 9.17) is 4.42 Å². The van der Waals surface area contributed by atoms with Crippen LogP contribution in [-0.2, 0) is 13.5 Å². The summed E-state index contributed by atoms with van der Waals surface area (Å²) in [7, 11) is 1.92. The lowest BCUT2D eigenvalue weighted by atomic mass is 10.1. The zero-order valence-corrected chi connectivity index (χ0v) is 11.6. The second-order valence-corrected chi connectivity index (χ2v) is 4.55. The lowest BCUT2D eigenvalue weighted by Crippen LogP contribution is -2.26. The topological polar surface area (TPSA) is 73.0 Å². The molecular weight excluding hydrogens is 244 g/mol. The van der Waals surface area contributed by atoms with Crippen LogP contribution in [0, 0.1) is 20.8 Å². The van der Waals surface area contributed by atoms with Crippen molar-refractivity contribution in [2.75, 3.05) is 6.54 Å². The van der Waals surface area contributed by atoms with E-state index >= 15 is 0 Å². The van der Waals surface area contributed by atoms with Gasteiger partial charge in [-0.2, -0.15) is 5.10 Å². The van der Waals surface area contributed by atoms with E-state index in [1.54, 1.807) is 6.92 Å². The van der Waals surface area contributed by atoms with Gasteiger partial charge in [-0.25, -0.2) is 4.98 Å². The van der Waals surface area contributed by atoms with Crippen molar-refractivity contribution in [3.8, 4) is 0 Å². The molecule has 0 atom stereocenters. The van der Waals surface area contributed by atoms with Crippen molar-refractivity contribution >= 4 is 5.91 Å². The molecule has 2 rings (SSSR count). The first kappa shape index (κ1) is 13.3. The third-order valence-electron chi connectivity index (χ3n) is 3.13. The molecule has 1 N–H and O–H groups in total. The van der Waals surface area contributed by atoms with Gasteiger partial charge >= 0.3 is 5.91 Å². The van der Waals surface area contributed by atoms with Crippen molar-refractivity contribution in [1.82, 2.24) is 20.1 Å². The van der Waals surface area contributed by atoms with Crippen LogP contribution < -0.4 is 5.32 Å². The molecule has 2 aromatic heterocycles. The number of oxazole rings is 1. The highest BCUT2D eigenvalue weighted by molar-refractivity contribution is 5.89. The van der Waals surface area contributed by atoms with E-state index in [2.05, 4.69) is 15.4 Å². The summed E-state index contributed by atoms with van der Waals surface area (Å²) in [6, 6.07) is 0. The fourth-order valence-electron chi connectivity index (χ4n) is 2.02. The molecular formula is C13H18N4O2. The molecule has 0 aliphatic heterocycles. The lowest BCUT2D eigenvalue weighted by Gasteiger charge is -2.03. The predicted octanol–water partition coefficient (Wildman–Crippen LogP) is 1.31. The number of carbonyl (C=O) groups excluding carboxylic acids is 1. The molecule has 0 spiro atoms. The van der Waals surface area contributed by atoms with Crippen LogP contribution in [0.5, 0.6) is 0 Å². The van der Waals surface area contributed by atoms with Gasteiger partial charge in [0.1, 0.15) is 5.76 Å². The number of aryl methyl sites for hydroxylation is 3. The molecule has 0 aromatic carbocycles. The first-order chi connectivity index (χ1) is 8.99. The molecule has 2 aromatic rings. The Hall–Kier alpha value is -2.11. The Kier molecular flexibility index (Phi) is 3.69. The van der Waals surface area contributed by atoms with E-state index in [1.165, 1.54) is 11.8 Å². The third kappa shape index (κ3) is 2.83. The highest BCUT2D eigenvalue weighted by Gasteiger charge is 2.13. The van der Waals surface area contributed by atoms with Gasteiger partial charge in [0.15, 0.2) is 0 Å². The number of aromatic nitrogens is 3. The second-order valence-electron chi connectivity index (χ2n) is 4.55. The Morgan fingerprint density at radius 2 is 2.16 bits per heavy atom. The van der Waals surface area contributed by atoms with Crippen LogP contribution in [-0.4, -0.2) is 27.2 Å². The summed E-state index contributed by atoms with van der Waals surface area (Å²) in [5.74, 6) is 0.452. The zero-order chi connectivity index (χ0) is 14.0. The van der Waals surface area contributed by atoms with Crippen molar-refractivity contribution in [1.29, 1.82) is 0 Å². The predicted molar refractivity (Wildman–Crippen MR) is 70.0 cm³/mol. The summed E-state index contributed by atoms with van der Waals surface area (Å²) < 4.78 is 7.01. The van der Waals surface area contributed by atoms with E-state index in [0.717, 1.165) is 17.8 Å². The van der Waals surface area contributed by atoms with Crippen LogP contribution in [0.15, 0.2) is 10.6 Å². The SMILES string of the molecule is Cc1cnc(C(=O)NCCc2c(C)nn(C)c2C)o1. The third-order valence-corrected chi connectivity index (χ3v) is 3.13. The van der Waals surface area contributed by atoms with Crippen LogP contribution in [0.25, 0.3) is 0 Å². The maximum atomic E-state index is 11.7. The van der Waals surface area contributed by atoms with E-state index in [-0.39, 0.29) is 11.8 Å². The minimum absolute atomic E-state index is 0.108. The molecule has 19 heavy (non-hydrogen) atoms. The highest BCUT2D eigenvalue weighted by atomic mass is 16.4. The van der Waals surface area contributed by atoms with Gasteiger partial charge in [-0.1, -0.05) is 0 Å². The lowest BCUT2D eigenvalue weighted by molar-refractivity contribution is 0.0918. The fraction of sp³-hybridized carbons (Fsp3) is 0.462. The van der Waals surface area contributed by atoms with E-state index < -0.39 is 0 Å². The largest absolute Gasteiger partial charge is 0.438 e. The molecule has 0 saturated carbocycles. The van der Waals surface area contributed by atoms with Gasteiger partial charge in [0, 0.05) is 19.3 Å². The summed E-state index contributed by atoms with van der Waals surface area (Å²) in [6.07, 6.45) is 2.28. The van der Waals surface area contributed by atoms with Gasteiger partial charge < -0.3 is 9.73 Å². The Morgan fingerprint density at radius 1 is 1.42 bits per heavy atom. The second kappa shape index (κ2) is 5.26. The Morgan fingerprint density at radius 3 is 2.68 bits per heavy atom. The van der Waals surface area contributed by atoms with Crippen LogP contribution >= 0.6 is 0 Å². The quantitative estimate of drug-likeness (QED) is 0.901. The normalized spacial score (nSPS) is 10.7. The summed E-state index contributed by atoms with van der Waals surface area (Å²) in [6.45, 7) is 6.29. The molecule has 102 valence electrons. The number of hydrogen-bond donors (Lipinski definition) is 1. The summed E-state index contributed by atoms with van der Waals surface area (Å²) >= 11 is 0. The molecule has 0 aliphatic carbocycles. The van der Waals surface area contributed by atoms with Gasteiger partial charge in [0.25, 0.3) is 5.89 Å². The van der Waals surface area contributed by atoms with Crippen molar-refractivity contribution in [2.24, 2.45) is 7.05 Å². The summed E-state index contributed by atoms with van der Waals surface area (Å²) in [5, 5.41) is 7.14. The van der Waals surface area contributed by atoms with E-state index in [0.29, 0.717) is 12.3 Å². The molecule has 0 unspecified atom stereocenters. The minimum atomic E-state index is -0.285. The first-order valence-corrected chi connectivity index (χ1v) is 6.18. The number of carbonyl (C=O) groups is 1. The van der Waals surface area contributed by atoms with Crippen LogP contribution in [0.2, 0.25) is 0 Å². The molecule has 0 bridgehead atoms. The summed E-state index contributed by atoms with van der Waals surface area (Å²) in [5.41, 5.74) is 3.30. The Labute approximate surface area is 111 Å². The van der Waals surface area contributed by atoms with Crippen molar-refractivity contribution in [3.63, 3.8) is 0 Å². The van der Waals surface area contributed by atoms with Gasteiger partial charge in [0.2, 0.25) is 0 Å². The van der Waals surface area contributed by atoms with Crippen LogP contribution in [0.1, 0.15) is 33.4 Å². The Balaban J connectivity index is 1.92. The fourth-order valence-corrected chi connectivity index (χ4v) is 2.02. The number of nitrogens with zero attached hydrogens (tertiary/aromatic N) is 3. The smallest absolute Gasteiger partial charge is 0.307 e. The van der Waals surface area contributed by atoms with Crippen LogP contribution in [0.3, 0.4) is 0 Å². The van der Waals surface area contributed by atoms with Crippen LogP contribution in [0.4, 0.5) is 0 Å². The van der Waals surface area contributed by atoms with Gasteiger partial charge in [0.05, 0.1) is 11.9 Å². The molecule has 0 aliphatic rings. The highest BCUT2D eigenvalue weighted by Crippen LogP contribution is 2.12. The number of hydrogen-bond acceptors (Lipinski definition) is 4. The van der Waals surface area contributed by atoms with Gasteiger partial charge in [-0.15, -0.1) is 0 Å². The van der Waals surface area contributed by atoms with Gasteiger partial charge in [-0.05, 0) is 32.8 Å². The number of rotatable bonds is 4. The number of amides is 1. The molecule has 0 saturated heterocycles. The standard InChI is InChI=1S/C13H18N4O2/c1-8-7-15-13(19-8)12(18)14-6-5-11-9(2)16-17(4)10(11)3/h7H,5-6H2,1-4H3,(H,14,18). The van der Waals surface area contributed by atoms with E-state index in [9.17, 15) is 4.79 Å². The van der Waals surface area contributed by atoms with Crippen molar-refractivity contribution in [3.05, 3.63) is 34.8 Å². The zero-order valence-electron chi connectivity index (χ0n) is 11.6. The number of nitrogens with one attached hydrogen (secondary N) is 1. The molecule has 0 radical (unpaired) electrons. The Bertz CT molecular complexity index is 598. The van der Waals surface area contributed by atoms with Crippen molar-refractivity contribution in [2.45, 2.75) is 27.2 Å². The minimum Gasteiger partial charge on any atom is -0.438 e. The maximum Gasteiger partial charge on any atom is 0.307 e.